The second-order valence-corrected chi connectivity index (χ2v) is 4.68. The van der Waals surface area contributed by atoms with Crippen LogP contribution in [0.15, 0.2) is 35.3 Å². The molecular weight excluding hydrogens is 250 g/mol. The molecule has 0 aliphatic rings. The van der Waals surface area contributed by atoms with Gasteiger partial charge in [-0.2, -0.15) is 9.97 Å². The molecule has 0 fully saturated rings. The van der Waals surface area contributed by atoms with E-state index in [0.29, 0.717) is 5.62 Å². The SMILES string of the molecule is CCCCN=c1nc(C)n(C)c(Nc2ccccc2)n1. The number of aromatic nitrogens is 3. The number of unbranched alkanes of at least 4 members (excludes halogenated alkanes) is 1. The van der Waals surface area contributed by atoms with E-state index in [0.717, 1.165) is 36.8 Å². The molecule has 1 N–H and O–H groups in total. The predicted molar refractivity (Wildman–Crippen MR) is 80.8 cm³/mol. The molecule has 5 nitrogen and oxygen atoms in total. The lowest BCUT2D eigenvalue weighted by molar-refractivity contribution is 0.725. The van der Waals surface area contributed by atoms with Crippen molar-refractivity contribution in [1.29, 1.82) is 0 Å². The molecule has 2 rings (SSSR count). The Kier molecular flexibility index (Phi) is 4.87. The summed E-state index contributed by atoms with van der Waals surface area (Å²) in [6.45, 7) is 4.88. The first-order valence-electron chi connectivity index (χ1n) is 6.95. The maximum absolute atomic E-state index is 4.47. The Hall–Kier alpha value is -2.17. The van der Waals surface area contributed by atoms with E-state index in [9.17, 15) is 0 Å². The minimum Gasteiger partial charge on any atom is -0.325 e. The van der Waals surface area contributed by atoms with Gasteiger partial charge in [-0.15, -0.1) is 0 Å². The molecule has 20 heavy (non-hydrogen) atoms. The van der Waals surface area contributed by atoms with Gasteiger partial charge in [-0.3, -0.25) is 0 Å². The van der Waals surface area contributed by atoms with Gasteiger partial charge in [0.25, 0.3) is 0 Å². The zero-order valence-corrected chi connectivity index (χ0v) is 12.3. The minimum atomic E-state index is 0.549. The third kappa shape index (κ3) is 3.66. The first-order valence-corrected chi connectivity index (χ1v) is 6.95. The molecule has 1 heterocycles. The average molecular weight is 271 g/mol. The zero-order valence-electron chi connectivity index (χ0n) is 12.3. The third-order valence-corrected chi connectivity index (χ3v) is 3.07. The number of aryl methyl sites for hydroxylation is 1. The highest BCUT2D eigenvalue weighted by Crippen LogP contribution is 2.12. The van der Waals surface area contributed by atoms with Crippen molar-refractivity contribution in [2.45, 2.75) is 26.7 Å². The van der Waals surface area contributed by atoms with Crippen molar-refractivity contribution in [3.8, 4) is 0 Å². The lowest BCUT2D eigenvalue weighted by Gasteiger charge is -2.12. The first kappa shape index (κ1) is 14.2. The molecule has 1 aromatic carbocycles. The van der Waals surface area contributed by atoms with Crippen molar-refractivity contribution in [3.05, 3.63) is 41.8 Å². The van der Waals surface area contributed by atoms with E-state index in [1.54, 1.807) is 0 Å². The maximum atomic E-state index is 4.47. The van der Waals surface area contributed by atoms with Crippen molar-refractivity contribution in [2.75, 3.05) is 11.9 Å². The summed E-state index contributed by atoms with van der Waals surface area (Å²) in [7, 11) is 1.94. The van der Waals surface area contributed by atoms with Crippen LogP contribution in [0.25, 0.3) is 0 Å². The fourth-order valence-corrected chi connectivity index (χ4v) is 1.74. The van der Waals surface area contributed by atoms with Crippen LogP contribution in [0.2, 0.25) is 0 Å². The molecule has 2 aromatic rings. The second-order valence-electron chi connectivity index (χ2n) is 4.68. The van der Waals surface area contributed by atoms with Crippen molar-refractivity contribution in [1.82, 2.24) is 14.5 Å². The van der Waals surface area contributed by atoms with Gasteiger partial charge in [0.1, 0.15) is 5.82 Å². The third-order valence-electron chi connectivity index (χ3n) is 3.07. The number of nitrogens with one attached hydrogen (secondary N) is 1. The van der Waals surface area contributed by atoms with Crippen LogP contribution in [0.4, 0.5) is 11.6 Å². The Morgan fingerprint density at radius 2 is 1.95 bits per heavy atom. The molecule has 1 aromatic heterocycles. The Morgan fingerprint density at radius 1 is 1.20 bits per heavy atom. The average Bonchev–Trinajstić information content (AvgIpc) is 2.45. The summed E-state index contributed by atoms with van der Waals surface area (Å²) in [5.74, 6) is 1.63. The maximum Gasteiger partial charge on any atom is 0.249 e. The summed E-state index contributed by atoms with van der Waals surface area (Å²) >= 11 is 0. The van der Waals surface area contributed by atoms with Crippen molar-refractivity contribution < 1.29 is 0 Å². The number of nitrogens with zero attached hydrogens (tertiary/aromatic N) is 4. The fourth-order valence-electron chi connectivity index (χ4n) is 1.74. The van der Waals surface area contributed by atoms with E-state index in [1.165, 1.54) is 0 Å². The molecule has 0 aliphatic heterocycles. The molecule has 0 amide bonds. The predicted octanol–water partition coefficient (Wildman–Crippen LogP) is 2.57. The molecular formula is C15H21N5. The summed E-state index contributed by atoms with van der Waals surface area (Å²) < 4.78 is 1.92. The summed E-state index contributed by atoms with van der Waals surface area (Å²) in [5.41, 5.74) is 1.55. The number of rotatable bonds is 5. The normalized spacial score (nSPS) is 11.7. The van der Waals surface area contributed by atoms with Gasteiger partial charge in [-0.25, -0.2) is 4.99 Å². The van der Waals surface area contributed by atoms with E-state index in [-0.39, 0.29) is 0 Å². The smallest absolute Gasteiger partial charge is 0.249 e. The standard InChI is InChI=1S/C15H21N5/c1-4-5-11-16-14-17-12(2)20(3)15(19-14)18-13-9-7-6-8-10-13/h6-10H,4-5,11H2,1-3H3,(H,16,18,19). The number of benzene rings is 1. The topological polar surface area (TPSA) is 55.1 Å². The Labute approximate surface area is 119 Å². The van der Waals surface area contributed by atoms with Crippen LogP contribution in [0.3, 0.4) is 0 Å². The Bertz CT molecular complexity index is 616. The molecule has 0 radical (unpaired) electrons. The molecule has 0 unspecified atom stereocenters. The van der Waals surface area contributed by atoms with Crippen LogP contribution in [0.5, 0.6) is 0 Å². The number of hydrogen-bond donors (Lipinski definition) is 1. The van der Waals surface area contributed by atoms with Gasteiger partial charge in [0.05, 0.1) is 0 Å². The van der Waals surface area contributed by atoms with Gasteiger partial charge >= 0.3 is 0 Å². The molecule has 0 saturated heterocycles. The molecule has 5 heteroatoms. The lowest BCUT2D eigenvalue weighted by atomic mass is 10.3. The van der Waals surface area contributed by atoms with Gasteiger partial charge in [0.15, 0.2) is 0 Å². The van der Waals surface area contributed by atoms with Crippen molar-refractivity contribution in [2.24, 2.45) is 12.0 Å². The molecule has 0 atom stereocenters. The highest BCUT2D eigenvalue weighted by atomic mass is 15.2. The van der Waals surface area contributed by atoms with Gasteiger partial charge in [-0.05, 0) is 25.5 Å². The molecule has 106 valence electrons. The summed E-state index contributed by atoms with van der Waals surface area (Å²) in [5, 5.41) is 3.30. The number of hydrogen-bond acceptors (Lipinski definition) is 4. The van der Waals surface area contributed by atoms with Crippen LogP contribution in [0, 0.1) is 6.92 Å². The van der Waals surface area contributed by atoms with Gasteiger partial charge < -0.3 is 9.88 Å². The Morgan fingerprint density at radius 3 is 2.65 bits per heavy atom. The minimum absolute atomic E-state index is 0.549. The molecule has 0 aliphatic carbocycles. The molecule has 0 bridgehead atoms. The van der Waals surface area contributed by atoms with Crippen LogP contribution >= 0.6 is 0 Å². The van der Waals surface area contributed by atoms with Crippen LogP contribution in [-0.4, -0.2) is 21.1 Å². The number of para-hydroxylation sites is 1. The summed E-state index contributed by atoms with van der Waals surface area (Å²) in [6, 6.07) is 9.98. The van der Waals surface area contributed by atoms with E-state index < -0.39 is 0 Å². The van der Waals surface area contributed by atoms with E-state index in [4.69, 9.17) is 0 Å². The monoisotopic (exact) mass is 271 g/mol. The van der Waals surface area contributed by atoms with Gasteiger partial charge in [0, 0.05) is 19.3 Å². The lowest BCUT2D eigenvalue weighted by Crippen LogP contribution is -2.22. The van der Waals surface area contributed by atoms with Gasteiger partial charge in [0.2, 0.25) is 11.6 Å². The van der Waals surface area contributed by atoms with E-state index >= 15 is 0 Å². The highest BCUT2D eigenvalue weighted by molar-refractivity contribution is 5.52. The Balaban J connectivity index is 2.30. The number of anilines is 2. The van der Waals surface area contributed by atoms with Crippen LogP contribution < -0.4 is 10.9 Å². The van der Waals surface area contributed by atoms with E-state index in [1.807, 2.05) is 48.9 Å². The summed E-state index contributed by atoms with van der Waals surface area (Å²) in [6.07, 6.45) is 2.18. The zero-order chi connectivity index (χ0) is 14.4. The van der Waals surface area contributed by atoms with E-state index in [2.05, 4.69) is 27.2 Å². The first-order chi connectivity index (χ1) is 9.70. The molecule has 0 saturated carbocycles. The van der Waals surface area contributed by atoms with Crippen molar-refractivity contribution >= 4 is 11.6 Å². The largest absolute Gasteiger partial charge is 0.325 e. The quantitative estimate of drug-likeness (QED) is 0.850. The second kappa shape index (κ2) is 6.84. The highest BCUT2D eigenvalue weighted by Gasteiger charge is 2.03. The summed E-state index contributed by atoms with van der Waals surface area (Å²) in [4.78, 5) is 13.3. The van der Waals surface area contributed by atoms with Crippen LogP contribution in [-0.2, 0) is 7.05 Å². The fraction of sp³-hybridized carbons (Fsp3) is 0.400. The molecule has 0 spiro atoms. The van der Waals surface area contributed by atoms with Crippen LogP contribution in [0.1, 0.15) is 25.6 Å². The van der Waals surface area contributed by atoms with Gasteiger partial charge in [-0.1, -0.05) is 31.5 Å². The van der Waals surface area contributed by atoms with Crippen molar-refractivity contribution in [3.63, 3.8) is 0 Å².